The van der Waals surface area contributed by atoms with E-state index >= 15 is 0 Å². The molecule has 8 heteroatoms. The molecule has 1 aromatic carbocycles. The molecule has 1 aromatic rings. The third-order valence-corrected chi connectivity index (χ3v) is 5.87. The van der Waals surface area contributed by atoms with Crippen LogP contribution in [0, 0.1) is 0 Å². The van der Waals surface area contributed by atoms with E-state index in [9.17, 15) is 8.42 Å². The van der Waals surface area contributed by atoms with Crippen molar-refractivity contribution in [2.75, 3.05) is 18.4 Å². The van der Waals surface area contributed by atoms with E-state index in [2.05, 4.69) is 24.7 Å². The van der Waals surface area contributed by atoms with Gasteiger partial charge >= 0.3 is 0 Å². The van der Waals surface area contributed by atoms with Gasteiger partial charge in [-0.1, -0.05) is 28.9 Å². The zero-order valence-corrected chi connectivity index (χ0v) is 13.6. The number of sulfonamides is 1. The van der Waals surface area contributed by atoms with Crippen LogP contribution < -0.4 is 0 Å². The second-order valence-electron chi connectivity index (χ2n) is 3.93. The van der Waals surface area contributed by atoms with Crippen molar-refractivity contribution in [3.8, 4) is 0 Å². The maximum atomic E-state index is 12.6. The van der Waals surface area contributed by atoms with Crippen LogP contribution >= 0.6 is 15.9 Å². The molecule has 0 atom stereocenters. The standard InChI is InChI=1S/C11H14BrN3O2S2/c1-2-15(8-4-7-12)19(16,17)10-6-3-5-9-11(10)14-18-13-9/h3,5-6H,2,4,7-8H2,1H3. The van der Waals surface area contributed by atoms with Crippen molar-refractivity contribution in [1.29, 1.82) is 0 Å². The molecule has 0 bridgehead atoms. The number of nitrogens with zero attached hydrogens (tertiary/aromatic N) is 3. The molecule has 0 saturated carbocycles. The Balaban J connectivity index is 2.40. The maximum Gasteiger partial charge on any atom is 0.245 e. The molecule has 0 aromatic heterocycles. The molecule has 1 aliphatic heterocycles. The molecular weight excluding hydrogens is 350 g/mol. The highest BCUT2D eigenvalue weighted by Crippen LogP contribution is 2.38. The summed E-state index contributed by atoms with van der Waals surface area (Å²) in [6, 6.07) is 5.07. The minimum atomic E-state index is -3.50. The van der Waals surface area contributed by atoms with E-state index in [0.717, 1.165) is 23.1 Å². The summed E-state index contributed by atoms with van der Waals surface area (Å²) < 4.78 is 34.9. The molecule has 0 unspecified atom stereocenters. The van der Waals surface area contributed by atoms with Gasteiger partial charge in [0.1, 0.15) is 16.3 Å². The molecule has 0 amide bonds. The van der Waals surface area contributed by atoms with Crippen LogP contribution in [-0.4, -0.2) is 31.1 Å². The van der Waals surface area contributed by atoms with Crippen molar-refractivity contribution in [3.05, 3.63) is 18.2 Å². The summed E-state index contributed by atoms with van der Waals surface area (Å²) >= 11 is 4.35. The third kappa shape index (κ3) is 2.96. The number of halogens is 1. The lowest BCUT2D eigenvalue weighted by atomic mass is 10.3. The Labute approximate surface area is 125 Å². The van der Waals surface area contributed by atoms with Gasteiger partial charge in [0, 0.05) is 18.4 Å². The number of benzene rings is 1. The van der Waals surface area contributed by atoms with Crippen molar-refractivity contribution < 1.29 is 8.42 Å². The van der Waals surface area contributed by atoms with E-state index in [0.29, 0.717) is 24.5 Å². The van der Waals surface area contributed by atoms with Gasteiger partial charge in [-0.2, -0.15) is 13.0 Å². The molecule has 0 N–H and O–H groups in total. The second kappa shape index (κ2) is 6.25. The second-order valence-corrected chi connectivity index (χ2v) is 7.16. The first-order valence-electron chi connectivity index (χ1n) is 5.88. The zero-order chi connectivity index (χ0) is 13.9. The van der Waals surface area contributed by atoms with Gasteiger partial charge in [0.2, 0.25) is 10.0 Å². The van der Waals surface area contributed by atoms with Gasteiger partial charge in [0.25, 0.3) is 0 Å². The van der Waals surface area contributed by atoms with Crippen molar-refractivity contribution >= 4 is 48.7 Å². The molecule has 0 fully saturated rings. The van der Waals surface area contributed by atoms with Gasteiger partial charge in [-0.15, -0.1) is 0 Å². The predicted molar refractivity (Wildman–Crippen MR) is 80.8 cm³/mol. The number of hydrogen-bond acceptors (Lipinski definition) is 4. The average molecular weight is 364 g/mol. The maximum absolute atomic E-state index is 12.6. The Kier molecular flexibility index (Phi) is 4.88. The summed E-state index contributed by atoms with van der Waals surface area (Å²) in [6.07, 6.45) is 0.776. The summed E-state index contributed by atoms with van der Waals surface area (Å²) in [7, 11) is -3.50. The van der Waals surface area contributed by atoms with Crippen LogP contribution in [0.5, 0.6) is 0 Å². The topological polar surface area (TPSA) is 62.1 Å². The van der Waals surface area contributed by atoms with Crippen LogP contribution in [0.25, 0.3) is 0 Å². The largest absolute Gasteiger partial charge is 0.245 e. The Morgan fingerprint density at radius 1 is 1.37 bits per heavy atom. The number of alkyl halides is 1. The first-order valence-corrected chi connectivity index (χ1v) is 9.18. The van der Waals surface area contributed by atoms with Crippen LogP contribution in [0.2, 0.25) is 0 Å². The summed E-state index contributed by atoms with van der Waals surface area (Å²) in [6.45, 7) is 2.78. The van der Waals surface area contributed by atoms with E-state index in [-0.39, 0.29) is 4.90 Å². The first kappa shape index (κ1) is 14.8. The molecule has 0 aliphatic carbocycles. The van der Waals surface area contributed by atoms with E-state index in [4.69, 9.17) is 0 Å². The van der Waals surface area contributed by atoms with Gasteiger partial charge in [-0.3, -0.25) is 0 Å². The van der Waals surface area contributed by atoms with Crippen LogP contribution in [0.3, 0.4) is 0 Å². The highest BCUT2D eigenvalue weighted by atomic mass is 79.9. The molecule has 0 spiro atoms. The summed E-state index contributed by atoms with van der Waals surface area (Å²) in [4.78, 5) is 0.246. The first-order chi connectivity index (χ1) is 9.11. The van der Waals surface area contributed by atoms with E-state index in [1.54, 1.807) is 18.2 Å². The van der Waals surface area contributed by atoms with Crippen LogP contribution in [-0.2, 0) is 21.4 Å². The lowest BCUT2D eigenvalue weighted by Crippen LogP contribution is -2.32. The Morgan fingerprint density at radius 2 is 2.16 bits per heavy atom. The van der Waals surface area contributed by atoms with Crippen molar-refractivity contribution in [1.82, 2.24) is 4.31 Å². The van der Waals surface area contributed by atoms with Gasteiger partial charge in [-0.05, 0) is 18.6 Å². The van der Waals surface area contributed by atoms with E-state index < -0.39 is 10.0 Å². The minimum Gasteiger partial charge on any atom is -0.207 e. The monoisotopic (exact) mass is 363 g/mol. The smallest absolute Gasteiger partial charge is 0.207 e. The Bertz CT molecular complexity index is 639. The van der Waals surface area contributed by atoms with Gasteiger partial charge < -0.3 is 0 Å². The fraction of sp³-hybridized carbons (Fsp3) is 0.455. The van der Waals surface area contributed by atoms with E-state index in [1.807, 2.05) is 6.92 Å². The molecular formula is C11H14BrN3O2S2. The van der Waals surface area contributed by atoms with Crippen LogP contribution in [0.1, 0.15) is 13.3 Å². The fourth-order valence-electron chi connectivity index (χ4n) is 1.81. The quantitative estimate of drug-likeness (QED) is 0.739. The summed E-state index contributed by atoms with van der Waals surface area (Å²) in [5.74, 6) is 0. The molecule has 2 rings (SSSR count). The molecule has 0 radical (unpaired) electrons. The van der Waals surface area contributed by atoms with Crippen molar-refractivity contribution in [3.63, 3.8) is 0 Å². The Morgan fingerprint density at radius 3 is 2.84 bits per heavy atom. The molecule has 1 aliphatic rings. The highest BCUT2D eigenvalue weighted by molar-refractivity contribution is 9.09. The molecule has 5 nitrogen and oxygen atoms in total. The molecule has 19 heavy (non-hydrogen) atoms. The highest BCUT2D eigenvalue weighted by Gasteiger charge is 2.27. The third-order valence-electron chi connectivity index (χ3n) is 2.76. The normalized spacial score (nSPS) is 13.6. The van der Waals surface area contributed by atoms with Gasteiger partial charge in [-0.25, -0.2) is 8.42 Å². The van der Waals surface area contributed by atoms with Crippen LogP contribution in [0.4, 0.5) is 11.4 Å². The minimum absolute atomic E-state index is 0.246. The molecule has 1 heterocycles. The number of fused-ring (bicyclic) bond motifs is 1. The van der Waals surface area contributed by atoms with Crippen molar-refractivity contribution in [2.24, 2.45) is 8.73 Å². The van der Waals surface area contributed by atoms with Gasteiger partial charge in [0.15, 0.2) is 0 Å². The predicted octanol–water partition coefficient (Wildman–Crippen LogP) is 3.21. The summed E-state index contributed by atoms with van der Waals surface area (Å²) in [5.41, 5.74) is 1.09. The summed E-state index contributed by atoms with van der Waals surface area (Å²) in [5, 5.41) is 0.779. The fourth-order valence-corrected chi connectivity index (χ4v) is 4.30. The number of rotatable bonds is 6. The lowest BCUT2D eigenvalue weighted by molar-refractivity contribution is 0.429. The van der Waals surface area contributed by atoms with Gasteiger partial charge in [0.05, 0.1) is 11.4 Å². The molecule has 104 valence electrons. The zero-order valence-electron chi connectivity index (χ0n) is 10.4. The van der Waals surface area contributed by atoms with E-state index in [1.165, 1.54) is 4.31 Å². The lowest BCUT2D eigenvalue weighted by Gasteiger charge is -2.20. The SMILES string of the molecule is CCN(CCCBr)S(=O)(=O)c1cccc2c1N=S=N2. The average Bonchev–Trinajstić information content (AvgIpc) is 2.87. The van der Waals surface area contributed by atoms with Crippen molar-refractivity contribution in [2.45, 2.75) is 18.2 Å². The number of hydrogen-bond donors (Lipinski definition) is 0. The Hall–Kier alpha value is -0.570. The van der Waals surface area contributed by atoms with Crippen LogP contribution in [0.15, 0.2) is 31.8 Å². The molecule has 0 saturated heterocycles.